The molecule has 0 aliphatic carbocycles. The summed E-state index contributed by atoms with van der Waals surface area (Å²) in [5.74, 6) is -0.855. The fourth-order valence-corrected chi connectivity index (χ4v) is 1.66. The first-order valence-electron chi connectivity index (χ1n) is 6.15. The summed E-state index contributed by atoms with van der Waals surface area (Å²) in [6.45, 7) is 6.79. The third-order valence-corrected chi connectivity index (χ3v) is 2.97. The van der Waals surface area contributed by atoms with E-state index in [-0.39, 0.29) is 22.7 Å². The third kappa shape index (κ3) is 4.76. The van der Waals surface area contributed by atoms with E-state index in [1.807, 2.05) is 20.8 Å². The summed E-state index contributed by atoms with van der Waals surface area (Å²) in [5, 5.41) is 2.76. The second kappa shape index (κ2) is 7.40. The Labute approximate surface area is 117 Å². The normalized spacial score (nSPS) is 12.5. The van der Waals surface area contributed by atoms with Crippen molar-refractivity contribution in [3.8, 4) is 0 Å². The summed E-state index contributed by atoms with van der Waals surface area (Å²) in [5.41, 5.74) is 0.0313. The summed E-state index contributed by atoms with van der Waals surface area (Å²) in [6, 6.07) is 0.912. The number of nitrogens with zero attached hydrogens (tertiary/aromatic N) is 1. The molecule has 1 atom stereocenters. The Bertz CT molecular complexity index is 441. The molecule has 0 fully saturated rings. The van der Waals surface area contributed by atoms with Crippen LogP contribution >= 0.6 is 11.6 Å². The van der Waals surface area contributed by atoms with Gasteiger partial charge in [-0.15, -0.1) is 0 Å². The van der Waals surface area contributed by atoms with Crippen molar-refractivity contribution in [2.75, 3.05) is 13.2 Å². The summed E-state index contributed by atoms with van der Waals surface area (Å²) in [7, 11) is 0. The molecule has 0 saturated heterocycles. The zero-order valence-electron chi connectivity index (χ0n) is 11.2. The SMILES string of the molecule is CCOCC(NC(=O)c1cc(F)cnc1Cl)C(C)C. The number of carbonyl (C=O) groups excluding carboxylic acids is 1. The molecule has 0 spiro atoms. The van der Waals surface area contributed by atoms with E-state index in [9.17, 15) is 9.18 Å². The van der Waals surface area contributed by atoms with Gasteiger partial charge in [0.2, 0.25) is 0 Å². The van der Waals surface area contributed by atoms with Crippen molar-refractivity contribution in [2.45, 2.75) is 26.8 Å². The van der Waals surface area contributed by atoms with Crippen molar-refractivity contribution >= 4 is 17.5 Å². The maximum Gasteiger partial charge on any atom is 0.254 e. The Morgan fingerprint density at radius 3 is 2.84 bits per heavy atom. The molecule has 6 heteroatoms. The molecule has 1 amide bonds. The average molecular weight is 289 g/mol. The van der Waals surface area contributed by atoms with Gasteiger partial charge in [-0.05, 0) is 18.9 Å². The van der Waals surface area contributed by atoms with E-state index in [1.54, 1.807) is 0 Å². The zero-order valence-corrected chi connectivity index (χ0v) is 12.0. The Morgan fingerprint density at radius 2 is 2.26 bits per heavy atom. The van der Waals surface area contributed by atoms with E-state index in [4.69, 9.17) is 16.3 Å². The van der Waals surface area contributed by atoms with E-state index in [0.717, 1.165) is 12.3 Å². The largest absolute Gasteiger partial charge is 0.380 e. The number of pyridine rings is 1. The maximum atomic E-state index is 13.1. The molecule has 0 bridgehead atoms. The number of hydrogen-bond acceptors (Lipinski definition) is 3. The van der Waals surface area contributed by atoms with Gasteiger partial charge < -0.3 is 10.1 Å². The van der Waals surface area contributed by atoms with Crippen LogP contribution < -0.4 is 5.32 Å². The highest BCUT2D eigenvalue weighted by atomic mass is 35.5. The average Bonchev–Trinajstić information content (AvgIpc) is 2.36. The second-order valence-electron chi connectivity index (χ2n) is 4.48. The molecule has 1 unspecified atom stereocenters. The predicted molar refractivity (Wildman–Crippen MR) is 71.8 cm³/mol. The van der Waals surface area contributed by atoms with E-state index in [2.05, 4.69) is 10.3 Å². The quantitative estimate of drug-likeness (QED) is 0.819. The van der Waals surface area contributed by atoms with Gasteiger partial charge >= 0.3 is 0 Å². The van der Waals surface area contributed by atoms with E-state index >= 15 is 0 Å². The molecule has 0 aliphatic heterocycles. The van der Waals surface area contributed by atoms with Crippen LogP contribution in [0.1, 0.15) is 31.1 Å². The molecule has 19 heavy (non-hydrogen) atoms. The van der Waals surface area contributed by atoms with Gasteiger partial charge in [-0.3, -0.25) is 4.79 Å². The number of carbonyl (C=O) groups is 1. The van der Waals surface area contributed by atoms with Crippen molar-refractivity contribution in [3.63, 3.8) is 0 Å². The lowest BCUT2D eigenvalue weighted by atomic mass is 10.0. The highest BCUT2D eigenvalue weighted by Crippen LogP contribution is 2.14. The molecular formula is C13H18ClFN2O2. The highest BCUT2D eigenvalue weighted by Gasteiger charge is 2.19. The van der Waals surface area contributed by atoms with E-state index in [0.29, 0.717) is 13.2 Å². The van der Waals surface area contributed by atoms with Gasteiger partial charge in [0.05, 0.1) is 24.4 Å². The minimum Gasteiger partial charge on any atom is -0.380 e. The zero-order chi connectivity index (χ0) is 14.4. The van der Waals surface area contributed by atoms with Crippen molar-refractivity contribution in [3.05, 3.63) is 28.8 Å². The number of nitrogens with one attached hydrogen (secondary N) is 1. The fourth-order valence-electron chi connectivity index (χ4n) is 1.47. The minimum atomic E-state index is -0.597. The van der Waals surface area contributed by atoms with Crippen molar-refractivity contribution in [2.24, 2.45) is 5.92 Å². The molecular weight excluding hydrogens is 271 g/mol. The molecule has 0 aromatic carbocycles. The fraction of sp³-hybridized carbons (Fsp3) is 0.538. The Kier molecular flexibility index (Phi) is 6.18. The first-order valence-corrected chi connectivity index (χ1v) is 6.53. The van der Waals surface area contributed by atoms with Crippen LogP contribution in [0.2, 0.25) is 5.15 Å². The predicted octanol–water partition coefficient (Wildman–Crippen LogP) is 2.67. The molecule has 0 saturated carbocycles. The van der Waals surface area contributed by atoms with Crippen LogP contribution in [0.25, 0.3) is 0 Å². The van der Waals surface area contributed by atoms with Crippen molar-refractivity contribution < 1.29 is 13.9 Å². The summed E-state index contributed by atoms with van der Waals surface area (Å²) >= 11 is 5.79. The molecule has 106 valence electrons. The third-order valence-electron chi connectivity index (χ3n) is 2.67. The van der Waals surface area contributed by atoms with Crippen LogP contribution in [0, 0.1) is 11.7 Å². The van der Waals surface area contributed by atoms with Crippen LogP contribution in [-0.4, -0.2) is 30.1 Å². The van der Waals surface area contributed by atoms with Crippen molar-refractivity contribution in [1.82, 2.24) is 10.3 Å². The van der Waals surface area contributed by atoms with E-state index in [1.165, 1.54) is 0 Å². The van der Waals surface area contributed by atoms with Crippen LogP contribution in [0.4, 0.5) is 4.39 Å². The van der Waals surface area contributed by atoms with Gasteiger partial charge in [-0.25, -0.2) is 9.37 Å². The first-order chi connectivity index (χ1) is 8.95. The maximum absolute atomic E-state index is 13.1. The summed E-state index contributed by atoms with van der Waals surface area (Å²) in [6.07, 6.45) is 0.971. The van der Waals surface area contributed by atoms with Gasteiger partial charge in [-0.1, -0.05) is 25.4 Å². The van der Waals surface area contributed by atoms with Gasteiger partial charge in [0.15, 0.2) is 0 Å². The number of halogens is 2. The molecule has 0 aliphatic rings. The van der Waals surface area contributed by atoms with Crippen molar-refractivity contribution in [1.29, 1.82) is 0 Å². The molecule has 1 rings (SSSR count). The lowest BCUT2D eigenvalue weighted by molar-refractivity contribution is 0.0805. The van der Waals surface area contributed by atoms with Crippen LogP contribution in [0.5, 0.6) is 0 Å². The molecule has 1 heterocycles. The lowest BCUT2D eigenvalue weighted by Gasteiger charge is -2.22. The molecule has 1 aromatic heterocycles. The molecule has 1 aromatic rings. The van der Waals surface area contributed by atoms with Gasteiger partial charge in [0, 0.05) is 6.61 Å². The van der Waals surface area contributed by atoms with Crippen LogP contribution in [0.3, 0.4) is 0 Å². The highest BCUT2D eigenvalue weighted by molar-refractivity contribution is 6.32. The minimum absolute atomic E-state index is 0.0159. The van der Waals surface area contributed by atoms with Crippen LogP contribution in [-0.2, 0) is 4.74 Å². The van der Waals surface area contributed by atoms with Crippen LogP contribution in [0.15, 0.2) is 12.3 Å². The number of amides is 1. The Balaban J connectivity index is 2.78. The number of aromatic nitrogens is 1. The standard InChI is InChI=1S/C13H18ClFN2O2/c1-4-19-7-11(8(2)3)17-13(18)10-5-9(15)6-16-12(10)14/h5-6,8,11H,4,7H2,1-3H3,(H,17,18). The summed E-state index contributed by atoms with van der Waals surface area (Å²) < 4.78 is 18.4. The number of ether oxygens (including phenoxy) is 1. The molecule has 4 nitrogen and oxygen atoms in total. The second-order valence-corrected chi connectivity index (χ2v) is 4.83. The smallest absolute Gasteiger partial charge is 0.254 e. The summed E-state index contributed by atoms with van der Waals surface area (Å²) in [4.78, 5) is 15.7. The van der Waals surface area contributed by atoms with E-state index < -0.39 is 11.7 Å². The number of rotatable bonds is 6. The lowest BCUT2D eigenvalue weighted by Crippen LogP contribution is -2.42. The van der Waals surface area contributed by atoms with Gasteiger partial charge in [0.25, 0.3) is 5.91 Å². The Morgan fingerprint density at radius 1 is 1.58 bits per heavy atom. The first kappa shape index (κ1) is 15.9. The molecule has 1 N–H and O–H groups in total. The molecule has 0 radical (unpaired) electrons. The van der Waals surface area contributed by atoms with Gasteiger partial charge in [-0.2, -0.15) is 0 Å². The monoisotopic (exact) mass is 288 g/mol. The Hall–Kier alpha value is -1.20. The van der Waals surface area contributed by atoms with Gasteiger partial charge in [0.1, 0.15) is 11.0 Å². The number of hydrogen-bond donors (Lipinski definition) is 1. The topological polar surface area (TPSA) is 51.2 Å².